The Morgan fingerprint density at radius 2 is 1.88 bits per heavy atom. The predicted octanol–water partition coefficient (Wildman–Crippen LogP) is 2.64. The molecule has 2 unspecified atom stereocenters. The Labute approximate surface area is 194 Å². The number of carbonyl (C=O) groups excluding carboxylic acids is 2. The van der Waals surface area contributed by atoms with Crippen molar-refractivity contribution < 1.29 is 9.59 Å². The van der Waals surface area contributed by atoms with Crippen LogP contribution in [-0.2, 0) is 22.6 Å². The number of hydrogen-bond donors (Lipinski definition) is 2. The third-order valence-electron chi connectivity index (χ3n) is 5.94. The summed E-state index contributed by atoms with van der Waals surface area (Å²) >= 11 is 6.46. The molecule has 1 saturated heterocycles. The Morgan fingerprint density at radius 1 is 1.12 bits per heavy atom. The number of likely N-dealkylation sites (tertiary alicyclic amines) is 1. The highest BCUT2D eigenvalue weighted by Crippen LogP contribution is 2.32. The van der Waals surface area contributed by atoms with E-state index in [-0.39, 0.29) is 23.8 Å². The average Bonchev–Trinajstić information content (AvgIpc) is 3.35. The first-order chi connectivity index (χ1) is 15.9. The number of aromatic amines is 2. The van der Waals surface area contributed by atoms with Gasteiger partial charge in [-0.15, -0.1) is 0 Å². The second-order valence-corrected chi connectivity index (χ2v) is 8.75. The number of H-pyrrole nitrogens is 2. The fourth-order valence-corrected chi connectivity index (χ4v) is 4.55. The van der Waals surface area contributed by atoms with Crippen molar-refractivity contribution in [3.05, 3.63) is 62.6 Å². The van der Waals surface area contributed by atoms with E-state index < -0.39 is 22.7 Å². The van der Waals surface area contributed by atoms with Crippen molar-refractivity contribution in [1.82, 2.24) is 24.4 Å². The van der Waals surface area contributed by atoms with Crippen LogP contribution in [0.2, 0.25) is 0 Å². The molecular formula is C23H26ClN5O4. The molecule has 0 bridgehead atoms. The first-order valence-corrected chi connectivity index (χ1v) is 11.6. The maximum Gasteiger partial charge on any atom is 0.330 e. The number of aryl methyl sites for hydroxylation is 2. The number of benzene rings is 1. The average molecular weight is 472 g/mol. The first kappa shape index (κ1) is 23.0. The summed E-state index contributed by atoms with van der Waals surface area (Å²) in [6.07, 6.45) is 3.19. The van der Waals surface area contributed by atoms with E-state index in [1.54, 1.807) is 0 Å². The number of aromatic nitrogens is 4. The van der Waals surface area contributed by atoms with Gasteiger partial charge in [-0.25, -0.2) is 9.78 Å². The van der Waals surface area contributed by atoms with Crippen LogP contribution in [0.1, 0.15) is 56.3 Å². The second-order valence-electron chi connectivity index (χ2n) is 8.24. The number of fused-ring (bicyclic) bond motifs is 1. The zero-order valence-electron chi connectivity index (χ0n) is 18.3. The van der Waals surface area contributed by atoms with Gasteiger partial charge in [-0.3, -0.25) is 28.8 Å². The normalized spacial score (nSPS) is 17.3. The summed E-state index contributed by atoms with van der Waals surface area (Å²) in [4.78, 5) is 60.6. The zero-order chi connectivity index (χ0) is 23.5. The van der Waals surface area contributed by atoms with Crippen molar-refractivity contribution in [1.29, 1.82) is 0 Å². The number of halogens is 1. The molecule has 2 amide bonds. The van der Waals surface area contributed by atoms with Gasteiger partial charge < -0.3 is 4.98 Å². The molecule has 10 heteroatoms. The van der Waals surface area contributed by atoms with Gasteiger partial charge in [0.05, 0.1) is 5.92 Å². The highest BCUT2D eigenvalue weighted by Gasteiger charge is 2.42. The number of alkyl halides is 1. The lowest BCUT2D eigenvalue weighted by molar-refractivity contribution is -0.139. The van der Waals surface area contributed by atoms with Crippen molar-refractivity contribution in [3.63, 3.8) is 0 Å². The topological polar surface area (TPSA) is 121 Å². The standard InChI is InChI=1S/C23H26ClN5O4/c1-2-3-12-28-20-19(21(31)27-23(28)33)25-17(26-20)11-7-10-16(24)29-18(30)13-15(22(29)32)14-8-5-4-6-9-14/h4-6,8-9,15-16H,2-3,7,10-13H2,1H3,(H,25,26)(H,27,31,33). The number of unbranched alkanes of at least 4 members (excludes halogenated alkanes) is 1. The number of amides is 2. The Morgan fingerprint density at radius 3 is 2.61 bits per heavy atom. The van der Waals surface area contributed by atoms with Crippen molar-refractivity contribution in [3.8, 4) is 0 Å². The summed E-state index contributed by atoms with van der Waals surface area (Å²) in [6, 6.07) is 9.22. The number of imidazole rings is 1. The molecule has 4 rings (SSSR count). The van der Waals surface area contributed by atoms with Gasteiger partial charge in [0.1, 0.15) is 16.8 Å². The molecule has 2 aromatic heterocycles. The van der Waals surface area contributed by atoms with Gasteiger partial charge in [0.25, 0.3) is 5.56 Å². The summed E-state index contributed by atoms with van der Waals surface area (Å²) in [6.45, 7) is 2.49. The van der Waals surface area contributed by atoms with Crippen LogP contribution in [-0.4, -0.2) is 41.7 Å². The molecule has 3 heterocycles. The van der Waals surface area contributed by atoms with E-state index in [4.69, 9.17) is 11.6 Å². The molecule has 0 saturated carbocycles. The molecule has 0 spiro atoms. The molecule has 2 atom stereocenters. The predicted molar refractivity (Wildman–Crippen MR) is 124 cm³/mol. The van der Waals surface area contributed by atoms with Crippen LogP contribution in [0, 0.1) is 0 Å². The van der Waals surface area contributed by atoms with Gasteiger partial charge in [-0.1, -0.05) is 55.3 Å². The van der Waals surface area contributed by atoms with Crippen LogP contribution in [0.15, 0.2) is 39.9 Å². The summed E-state index contributed by atoms with van der Waals surface area (Å²) in [5.74, 6) is -0.496. The van der Waals surface area contributed by atoms with E-state index in [0.717, 1.165) is 23.3 Å². The van der Waals surface area contributed by atoms with Gasteiger partial charge in [-0.05, 0) is 24.8 Å². The van der Waals surface area contributed by atoms with Gasteiger partial charge >= 0.3 is 5.69 Å². The van der Waals surface area contributed by atoms with Gasteiger partial charge in [0.15, 0.2) is 5.65 Å². The maximum atomic E-state index is 12.8. The molecule has 1 aliphatic heterocycles. The van der Waals surface area contributed by atoms with Crippen molar-refractivity contribution in [2.45, 2.75) is 63.4 Å². The van der Waals surface area contributed by atoms with Crippen molar-refractivity contribution in [2.24, 2.45) is 0 Å². The molecular weight excluding hydrogens is 446 g/mol. The Hall–Kier alpha value is -3.20. The maximum absolute atomic E-state index is 12.8. The highest BCUT2D eigenvalue weighted by atomic mass is 35.5. The molecule has 1 aliphatic rings. The number of hydrogen-bond acceptors (Lipinski definition) is 5. The minimum Gasteiger partial charge on any atom is -0.336 e. The molecule has 0 radical (unpaired) electrons. The largest absolute Gasteiger partial charge is 0.336 e. The van der Waals surface area contributed by atoms with Crippen LogP contribution >= 0.6 is 11.6 Å². The molecule has 9 nitrogen and oxygen atoms in total. The second kappa shape index (κ2) is 9.74. The fourth-order valence-electron chi connectivity index (χ4n) is 4.19. The van der Waals surface area contributed by atoms with Gasteiger partial charge in [-0.2, -0.15) is 0 Å². The lowest BCUT2D eigenvalue weighted by atomic mass is 9.98. The minimum atomic E-state index is -0.755. The van der Waals surface area contributed by atoms with Crippen LogP contribution in [0.3, 0.4) is 0 Å². The van der Waals surface area contributed by atoms with E-state index in [2.05, 4.69) is 15.0 Å². The van der Waals surface area contributed by atoms with Gasteiger partial charge in [0, 0.05) is 19.4 Å². The van der Waals surface area contributed by atoms with E-state index in [1.165, 1.54) is 4.57 Å². The van der Waals surface area contributed by atoms with E-state index in [0.29, 0.717) is 37.3 Å². The quantitative estimate of drug-likeness (QED) is 0.282. The molecule has 2 N–H and O–H groups in total. The molecule has 33 heavy (non-hydrogen) atoms. The van der Waals surface area contributed by atoms with Crippen molar-refractivity contribution >= 4 is 34.6 Å². The smallest absolute Gasteiger partial charge is 0.330 e. The van der Waals surface area contributed by atoms with Crippen LogP contribution in [0.5, 0.6) is 0 Å². The minimum absolute atomic E-state index is 0.119. The summed E-state index contributed by atoms with van der Waals surface area (Å²) in [5, 5.41) is 0. The molecule has 0 aliphatic carbocycles. The summed E-state index contributed by atoms with van der Waals surface area (Å²) < 4.78 is 1.47. The number of carbonyl (C=O) groups is 2. The van der Waals surface area contributed by atoms with Crippen LogP contribution in [0.4, 0.5) is 0 Å². The van der Waals surface area contributed by atoms with Crippen LogP contribution < -0.4 is 11.2 Å². The number of rotatable bonds is 9. The Kier molecular flexibility index (Phi) is 6.78. The Bertz CT molecular complexity index is 1280. The van der Waals surface area contributed by atoms with Crippen LogP contribution in [0.25, 0.3) is 11.2 Å². The number of imide groups is 1. The zero-order valence-corrected chi connectivity index (χ0v) is 19.1. The van der Waals surface area contributed by atoms with E-state index >= 15 is 0 Å². The summed E-state index contributed by atoms with van der Waals surface area (Å²) in [5.41, 5.74) is -0.321. The first-order valence-electron chi connectivity index (χ1n) is 11.2. The SMILES string of the molecule is CCCCn1c(=O)[nH]c(=O)c2[nH]c(CCCC(Cl)N3C(=O)CC(c4ccccc4)C3=O)nc21. The molecule has 1 fully saturated rings. The molecule has 3 aromatic rings. The Balaban J connectivity index is 1.42. The van der Waals surface area contributed by atoms with Gasteiger partial charge in [0.2, 0.25) is 11.8 Å². The fraction of sp³-hybridized carbons (Fsp3) is 0.435. The van der Waals surface area contributed by atoms with E-state index in [1.807, 2.05) is 37.3 Å². The molecule has 174 valence electrons. The number of nitrogens with zero attached hydrogens (tertiary/aromatic N) is 3. The summed E-state index contributed by atoms with van der Waals surface area (Å²) in [7, 11) is 0. The number of nitrogens with one attached hydrogen (secondary N) is 2. The lowest BCUT2D eigenvalue weighted by Gasteiger charge is -2.21. The van der Waals surface area contributed by atoms with Crippen molar-refractivity contribution in [2.75, 3.05) is 0 Å². The monoisotopic (exact) mass is 471 g/mol. The highest BCUT2D eigenvalue weighted by molar-refractivity contribution is 6.24. The molecule has 1 aromatic carbocycles. The third kappa shape index (κ3) is 4.64. The van der Waals surface area contributed by atoms with E-state index in [9.17, 15) is 19.2 Å². The lowest BCUT2D eigenvalue weighted by Crippen LogP contribution is -2.36. The third-order valence-corrected chi connectivity index (χ3v) is 6.35.